The maximum Gasteiger partial charge on any atom is 0.228 e. The summed E-state index contributed by atoms with van der Waals surface area (Å²) < 4.78 is 7.32. The van der Waals surface area contributed by atoms with Gasteiger partial charge in [-0.2, -0.15) is 4.52 Å². The van der Waals surface area contributed by atoms with Crippen LogP contribution in [-0.4, -0.2) is 69.5 Å². The topological polar surface area (TPSA) is 75.9 Å². The highest BCUT2D eigenvalue weighted by Crippen LogP contribution is 2.24. The molecule has 4 rings (SSSR count). The van der Waals surface area contributed by atoms with Gasteiger partial charge in [-0.3, -0.25) is 4.79 Å². The van der Waals surface area contributed by atoms with E-state index in [9.17, 15) is 4.79 Å². The minimum absolute atomic E-state index is 0.0109. The molecule has 2 aliphatic heterocycles. The quantitative estimate of drug-likeness (QED) is 0.802. The molecular weight excluding hydrogens is 308 g/mol. The second kappa shape index (κ2) is 6.35. The van der Waals surface area contributed by atoms with Gasteiger partial charge in [-0.25, -0.2) is 0 Å². The zero-order chi connectivity index (χ0) is 16.5. The van der Waals surface area contributed by atoms with Crippen LogP contribution in [0.5, 0.6) is 0 Å². The Kier molecular flexibility index (Phi) is 4.05. The smallest absolute Gasteiger partial charge is 0.228 e. The SMILES string of the molecule is C[C@@H]1OCCC[C@@H]1C(=O)N1CCN(c2ccc3nncn3n2)CC1. The number of carbonyl (C=O) groups is 1. The molecule has 0 N–H and O–H groups in total. The molecule has 0 spiro atoms. The number of rotatable bonds is 2. The number of anilines is 1. The van der Waals surface area contributed by atoms with Crippen LogP contribution in [0, 0.1) is 5.92 Å². The molecule has 128 valence electrons. The summed E-state index contributed by atoms with van der Waals surface area (Å²) in [6, 6.07) is 3.87. The largest absolute Gasteiger partial charge is 0.378 e. The highest BCUT2D eigenvalue weighted by molar-refractivity contribution is 5.79. The number of amides is 1. The Balaban J connectivity index is 1.40. The molecule has 0 radical (unpaired) electrons. The molecule has 8 heteroatoms. The van der Waals surface area contributed by atoms with E-state index in [1.165, 1.54) is 0 Å². The van der Waals surface area contributed by atoms with E-state index in [2.05, 4.69) is 20.2 Å². The fourth-order valence-corrected chi connectivity index (χ4v) is 3.53. The summed E-state index contributed by atoms with van der Waals surface area (Å²) in [6.45, 7) is 5.81. The highest BCUT2D eigenvalue weighted by atomic mass is 16.5. The summed E-state index contributed by atoms with van der Waals surface area (Å²) in [7, 11) is 0. The lowest BCUT2D eigenvalue weighted by molar-refractivity contribution is -0.144. The van der Waals surface area contributed by atoms with Crippen molar-refractivity contribution in [1.82, 2.24) is 24.7 Å². The van der Waals surface area contributed by atoms with Crippen molar-refractivity contribution in [3.05, 3.63) is 18.5 Å². The van der Waals surface area contributed by atoms with Crippen LogP contribution in [0.4, 0.5) is 5.82 Å². The number of aromatic nitrogens is 4. The van der Waals surface area contributed by atoms with Crippen molar-refractivity contribution < 1.29 is 9.53 Å². The summed E-state index contributed by atoms with van der Waals surface area (Å²) in [6.07, 6.45) is 3.54. The van der Waals surface area contributed by atoms with Gasteiger partial charge in [0.1, 0.15) is 12.1 Å². The molecule has 2 saturated heterocycles. The molecule has 1 amide bonds. The molecule has 2 fully saturated rings. The molecule has 2 atom stereocenters. The number of nitrogens with zero attached hydrogens (tertiary/aromatic N) is 6. The predicted octanol–water partition coefficient (Wildman–Crippen LogP) is 0.588. The molecular formula is C16H22N6O2. The number of fused-ring (bicyclic) bond motifs is 1. The minimum atomic E-state index is 0.0109. The van der Waals surface area contributed by atoms with Crippen molar-refractivity contribution in [2.45, 2.75) is 25.9 Å². The van der Waals surface area contributed by atoms with Crippen LogP contribution in [0.25, 0.3) is 5.65 Å². The second-order valence-electron chi connectivity index (χ2n) is 6.46. The summed E-state index contributed by atoms with van der Waals surface area (Å²) in [5.74, 6) is 1.14. The van der Waals surface area contributed by atoms with E-state index in [-0.39, 0.29) is 17.9 Å². The Bertz CT molecular complexity index is 724. The lowest BCUT2D eigenvalue weighted by Gasteiger charge is -2.38. The minimum Gasteiger partial charge on any atom is -0.378 e. The van der Waals surface area contributed by atoms with E-state index in [1.807, 2.05) is 24.0 Å². The van der Waals surface area contributed by atoms with Crippen LogP contribution in [0.3, 0.4) is 0 Å². The standard InChI is InChI=1S/C16H22N6O2/c1-12-13(3-2-10-24-12)16(23)21-8-6-20(7-9-21)15-5-4-14-18-17-11-22(14)19-15/h4-5,11-13H,2-3,6-10H2,1H3/t12-,13-/m0/s1. The Hall–Kier alpha value is -2.22. The molecule has 0 aliphatic carbocycles. The Labute approximate surface area is 140 Å². The number of piperazine rings is 1. The fraction of sp³-hybridized carbons (Fsp3) is 0.625. The van der Waals surface area contributed by atoms with Crippen molar-refractivity contribution in [2.75, 3.05) is 37.7 Å². The Morgan fingerprint density at radius 2 is 2.08 bits per heavy atom. The van der Waals surface area contributed by atoms with Crippen LogP contribution in [0.2, 0.25) is 0 Å². The van der Waals surface area contributed by atoms with Gasteiger partial charge in [-0.1, -0.05) is 0 Å². The molecule has 8 nitrogen and oxygen atoms in total. The third-order valence-electron chi connectivity index (χ3n) is 4.99. The van der Waals surface area contributed by atoms with E-state index in [0.717, 1.165) is 57.1 Å². The van der Waals surface area contributed by atoms with Crippen LogP contribution in [0.1, 0.15) is 19.8 Å². The normalized spacial score (nSPS) is 25.2. The van der Waals surface area contributed by atoms with Crippen molar-refractivity contribution in [1.29, 1.82) is 0 Å². The summed E-state index contributed by atoms with van der Waals surface area (Å²) in [5.41, 5.74) is 0.735. The lowest BCUT2D eigenvalue weighted by atomic mass is 9.93. The molecule has 0 aromatic carbocycles. The molecule has 24 heavy (non-hydrogen) atoms. The molecule has 0 unspecified atom stereocenters. The van der Waals surface area contributed by atoms with Gasteiger partial charge in [0.2, 0.25) is 5.91 Å². The maximum absolute atomic E-state index is 12.7. The third-order valence-corrected chi connectivity index (χ3v) is 4.99. The molecule has 2 aliphatic rings. The van der Waals surface area contributed by atoms with Gasteiger partial charge in [0.05, 0.1) is 12.0 Å². The number of carbonyl (C=O) groups excluding carboxylic acids is 1. The molecule has 2 aromatic heterocycles. The summed E-state index contributed by atoms with van der Waals surface area (Å²) in [4.78, 5) is 16.9. The maximum atomic E-state index is 12.7. The zero-order valence-corrected chi connectivity index (χ0v) is 13.8. The lowest BCUT2D eigenvalue weighted by Crippen LogP contribution is -2.52. The van der Waals surface area contributed by atoms with E-state index >= 15 is 0 Å². The van der Waals surface area contributed by atoms with Crippen LogP contribution < -0.4 is 4.90 Å². The first-order chi connectivity index (χ1) is 11.7. The number of hydrogen-bond acceptors (Lipinski definition) is 6. The highest BCUT2D eigenvalue weighted by Gasteiger charge is 2.33. The van der Waals surface area contributed by atoms with Gasteiger partial charge in [0.15, 0.2) is 5.65 Å². The number of hydrogen-bond donors (Lipinski definition) is 0. The monoisotopic (exact) mass is 330 g/mol. The van der Waals surface area contributed by atoms with Gasteiger partial charge in [0.25, 0.3) is 0 Å². The summed E-state index contributed by atoms with van der Waals surface area (Å²) in [5, 5.41) is 12.3. The van der Waals surface area contributed by atoms with Gasteiger partial charge >= 0.3 is 0 Å². The van der Waals surface area contributed by atoms with Crippen molar-refractivity contribution in [3.63, 3.8) is 0 Å². The fourth-order valence-electron chi connectivity index (χ4n) is 3.53. The van der Waals surface area contributed by atoms with Crippen molar-refractivity contribution >= 4 is 17.4 Å². The van der Waals surface area contributed by atoms with Crippen LogP contribution in [0.15, 0.2) is 18.5 Å². The Morgan fingerprint density at radius 3 is 2.88 bits per heavy atom. The molecule has 0 saturated carbocycles. The first-order valence-electron chi connectivity index (χ1n) is 8.55. The van der Waals surface area contributed by atoms with Gasteiger partial charge in [0, 0.05) is 32.8 Å². The van der Waals surface area contributed by atoms with E-state index in [1.54, 1.807) is 10.8 Å². The second-order valence-corrected chi connectivity index (χ2v) is 6.46. The number of ether oxygens (including phenoxy) is 1. The molecule has 2 aromatic rings. The van der Waals surface area contributed by atoms with Gasteiger partial charge in [-0.05, 0) is 31.9 Å². The first-order valence-corrected chi connectivity index (χ1v) is 8.55. The van der Waals surface area contributed by atoms with Gasteiger partial charge < -0.3 is 14.5 Å². The van der Waals surface area contributed by atoms with Crippen LogP contribution >= 0.6 is 0 Å². The van der Waals surface area contributed by atoms with Crippen molar-refractivity contribution in [3.8, 4) is 0 Å². The third kappa shape index (κ3) is 2.82. The molecule has 0 bridgehead atoms. The van der Waals surface area contributed by atoms with E-state index < -0.39 is 0 Å². The Morgan fingerprint density at radius 1 is 1.25 bits per heavy atom. The average molecular weight is 330 g/mol. The van der Waals surface area contributed by atoms with E-state index in [4.69, 9.17) is 4.74 Å². The zero-order valence-electron chi connectivity index (χ0n) is 13.8. The summed E-state index contributed by atoms with van der Waals surface area (Å²) >= 11 is 0. The average Bonchev–Trinajstić information content (AvgIpc) is 3.09. The molecule has 4 heterocycles. The van der Waals surface area contributed by atoms with E-state index in [0.29, 0.717) is 0 Å². The van der Waals surface area contributed by atoms with Crippen molar-refractivity contribution in [2.24, 2.45) is 5.92 Å². The predicted molar refractivity (Wildman–Crippen MR) is 87.7 cm³/mol. The first kappa shape index (κ1) is 15.3. The van der Waals surface area contributed by atoms with Gasteiger partial charge in [-0.15, -0.1) is 15.3 Å². The van der Waals surface area contributed by atoms with Crippen LogP contribution in [-0.2, 0) is 9.53 Å².